The van der Waals surface area contributed by atoms with Crippen molar-refractivity contribution in [2.24, 2.45) is 0 Å². The highest BCUT2D eigenvalue weighted by molar-refractivity contribution is 5.46. The van der Waals surface area contributed by atoms with Crippen molar-refractivity contribution in [1.29, 1.82) is 0 Å². The van der Waals surface area contributed by atoms with Gasteiger partial charge in [0.1, 0.15) is 5.76 Å². The van der Waals surface area contributed by atoms with Gasteiger partial charge in [-0.2, -0.15) is 0 Å². The molecule has 0 unspecified atom stereocenters. The Kier molecular flexibility index (Phi) is 3.52. The molecule has 74 valence electrons. The smallest absolute Gasteiger partial charge is 0.122 e. The van der Waals surface area contributed by atoms with Crippen LogP contribution in [0.15, 0.2) is 59.9 Å². The fourth-order valence-electron chi connectivity index (χ4n) is 1.48. The Hall–Kier alpha value is -1.50. The summed E-state index contributed by atoms with van der Waals surface area (Å²) >= 11 is 0. The van der Waals surface area contributed by atoms with Gasteiger partial charge in [0.2, 0.25) is 0 Å². The molecule has 0 aromatic rings. The summed E-state index contributed by atoms with van der Waals surface area (Å²) in [4.78, 5) is 0. The molecule has 0 radical (unpaired) electrons. The molecule has 0 fully saturated rings. The van der Waals surface area contributed by atoms with Gasteiger partial charge in [0.15, 0.2) is 0 Å². The molecule has 1 aliphatic rings. The molecule has 0 aliphatic heterocycles. The molecule has 1 rings (SSSR count). The fourth-order valence-corrected chi connectivity index (χ4v) is 1.48. The van der Waals surface area contributed by atoms with Crippen LogP contribution >= 0.6 is 0 Å². The number of aliphatic hydroxyl groups is 1. The largest absolute Gasteiger partial charge is 0.507 e. The number of hydrogen-bond acceptors (Lipinski definition) is 1. The lowest BCUT2D eigenvalue weighted by Crippen LogP contribution is -1.96. The third kappa shape index (κ3) is 2.49. The molecule has 14 heavy (non-hydrogen) atoms. The minimum Gasteiger partial charge on any atom is -0.507 e. The van der Waals surface area contributed by atoms with Crippen LogP contribution in [0.4, 0.5) is 0 Å². The molecule has 0 atom stereocenters. The van der Waals surface area contributed by atoms with Crippen molar-refractivity contribution in [3.63, 3.8) is 0 Å². The number of aliphatic hydroxyl groups excluding tert-OH is 1. The van der Waals surface area contributed by atoms with E-state index < -0.39 is 0 Å². The van der Waals surface area contributed by atoms with Crippen LogP contribution in [-0.4, -0.2) is 5.11 Å². The summed E-state index contributed by atoms with van der Waals surface area (Å²) in [7, 11) is 0. The number of hydrogen-bond donors (Lipinski definition) is 1. The minimum atomic E-state index is 0.209. The van der Waals surface area contributed by atoms with Crippen molar-refractivity contribution >= 4 is 0 Å². The van der Waals surface area contributed by atoms with E-state index in [2.05, 4.69) is 32.2 Å². The van der Waals surface area contributed by atoms with E-state index in [4.69, 9.17) is 0 Å². The second-order valence-electron chi connectivity index (χ2n) is 3.42. The van der Waals surface area contributed by atoms with E-state index in [1.54, 1.807) is 12.2 Å². The Bertz CT molecular complexity index is 340. The molecule has 0 bridgehead atoms. The van der Waals surface area contributed by atoms with Crippen molar-refractivity contribution in [3.05, 3.63) is 59.9 Å². The maximum absolute atomic E-state index is 9.59. The first kappa shape index (κ1) is 10.6. The van der Waals surface area contributed by atoms with Gasteiger partial charge >= 0.3 is 0 Å². The average Bonchev–Trinajstić information content (AvgIpc) is 2.17. The lowest BCUT2D eigenvalue weighted by atomic mass is 9.94. The number of rotatable bonds is 3. The second-order valence-corrected chi connectivity index (χ2v) is 3.42. The third-order valence-corrected chi connectivity index (χ3v) is 2.25. The van der Waals surface area contributed by atoms with Crippen LogP contribution in [0.3, 0.4) is 0 Å². The highest BCUT2D eigenvalue weighted by Gasteiger charge is 2.09. The van der Waals surface area contributed by atoms with Crippen molar-refractivity contribution in [1.82, 2.24) is 0 Å². The lowest BCUT2D eigenvalue weighted by Gasteiger charge is -2.13. The van der Waals surface area contributed by atoms with E-state index in [0.717, 1.165) is 18.4 Å². The molecule has 0 aromatic heterocycles. The van der Waals surface area contributed by atoms with Crippen molar-refractivity contribution in [2.45, 2.75) is 19.8 Å². The second kappa shape index (κ2) is 4.66. The molecular weight excluding hydrogens is 172 g/mol. The van der Waals surface area contributed by atoms with E-state index in [1.165, 1.54) is 5.57 Å². The molecule has 1 nitrogen and oxygen atoms in total. The molecule has 1 heteroatoms. The van der Waals surface area contributed by atoms with Crippen LogP contribution in [0.5, 0.6) is 0 Å². The summed E-state index contributed by atoms with van der Waals surface area (Å²) in [6.07, 6.45) is 9.36. The molecule has 0 saturated heterocycles. The highest BCUT2D eigenvalue weighted by atomic mass is 16.3. The summed E-state index contributed by atoms with van der Waals surface area (Å²) in [5.74, 6) is 0.209. The maximum Gasteiger partial charge on any atom is 0.122 e. The average molecular weight is 188 g/mol. The topological polar surface area (TPSA) is 20.2 Å². The zero-order valence-electron chi connectivity index (χ0n) is 8.59. The van der Waals surface area contributed by atoms with E-state index in [0.29, 0.717) is 5.57 Å². The molecule has 0 saturated carbocycles. The van der Waals surface area contributed by atoms with Gasteiger partial charge in [0, 0.05) is 5.57 Å². The van der Waals surface area contributed by atoms with Crippen molar-refractivity contribution in [3.8, 4) is 0 Å². The van der Waals surface area contributed by atoms with E-state index in [1.807, 2.05) is 0 Å². The van der Waals surface area contributed by atoms with Crippen LogP contribution in [0.25, 0.3) is 0 Å². The first-order valence-corrected chi connectivity index (χ1v) is 4.74. The zero-order chi connectivity index (χ0) is 10.6. The third-order valence-electron chi connectivity index (χ3n) is 2.25. The fraction of sp³-hybridized carbons (Fsp3) is 0.231. The van der Waals surface area contributed by atoms with E-state index in [-0.39, 0.29) is 5.76 Å². The normalized spacial score (nSPS) is 17.1. The van der Waals surface area contributed by atoms with Crippen molar-refractivity contribution < 1.29 is 5.11 Å². The van der Waals surface area contributed by atoms with Gasteiger partial charge in [-0.3, -0.25) is 0 Å². The Morgan fingerprint density at radius 3 is 2.86 bits per heavy atom. The maximum atomic E-state index is 9.59. The van der Waals surface area contributed by atoms with Gasteiger partial charge in [0.05, 0.1) is 0 Å². The quantitative estimate of drug-likeness (QED) is 0.527. The minimum absolute atomic E-state index is 0.209. The van der Waals surface area contributed by atoms with Gasteiger partial charge in [0.25, 0.3) is 0 Å². The number of allylic oxidation sites excluding steroid dienone is 6. The Balaban J connectivity index is 2.85. The molecule has 1 aliphatic carbocycles. The monoisotopic (exact) mass is 188 g/mol. The van der Waals surface area contributed by atoms with Gasteiger partial charge in [-0.1, -0.05) is 37.0 Å². The Morgan fingerprint density at radius 1 is 1.57 bits per heavy atom. The summed E-state index contributed by atoms with van der Waals surface area (Å²) < 4.78 is 0. The predicted octanol–water partition coefficient (Wildman–Crippen LogP) is 3.84. The molecule has 0 aromatic carbocycles. The molecule has 0 spiro atoms. The summed E-state index contributed by atoms with van der Waals surface area (Å²) in [6, 6.07) is 0. The summed E-state index contributed by atoms with van der Waals surface area (Å²) in [5, 5.41) is 9.59. The van der Waals surface area contributed by atoms with Crippen LogP contribution in [0.2, 0.25) is 0 Å². The molecule has 1 N–H and O–H groups in total. The molecule has 0 amide bonds. The standard InChI is InChI=1S/C13H16O/c1-4-6-13(14)11(3)12-8-5-7-10(2)9-12/h4,6-7,9,14H,1,3,5,8H2,2H3/b13-6+. The van der Waals surface area contributed by atoms with Gasteiger partial charge < -0.3 is 5.11 Å². The predicted molar refractivity (Wildman–Crippen MR) is 61.1 cm³/mol. The van der Waals surface area contributed by atoms with Crippen LogP contribution < -0.4 is 0 Å². The van der Waals surface area contributed by atoms with Crippen LogP contribution in [-0.2, 0) is 0 Å². The van der Waals surface area contributed by atoms with Gasteiger partial charge in [-0.25, -0.2) is 0 Å². The van der Waals surface area contributed by atoms with Crippen LogP contribution in [0, 0.1) is 0 Å². The first-order chi connectivity index (χ1) is 6.65. The zero-order valence-corrected chi connectivity index (χ0v) is 8.59. The first-order valence-electron chi connectivity index (χ1n) is 4.74. The van der Waals surface area contributed by atoms with Crippen LogP contribution in [0.1, 0.15) is 19.8 Å². The lowest BCUT2D eigenvalue weighted by molar-refractivity contribution is 0.425. The molecule has 0 heterocycles. The summed E-state index contributed by atoms with van der Waals surface area (Å²) in [5.41, 5.74) is 3.05. The van der Waals surface area contributed by atoms with Crippen molar-refractivity contribution in [2.75, 3.05) is 0 Å². The Labute approximate surface area is 85.5 Å². The van der Waals surface area contributed by atoms with E-state index >= 15 is 0 Å². The highest BCUT2D eigenvalue weighted by Crippen LogP contribution is 2.25. The SMILES string of the molecule is C=C/C=C(/O)C(=C)C1=CC(C)=CCC1. The van der Waals surface area contributed by atoms with E-state index in [9.17, 15) is 5.11 Å². The molecular formula is C13H16O. The Morgan fingerprint density at radius 2 is 2.29 bits per heavy atom. The summed E-state index contributed by atoms with van der Waals surface area (Å²) in [6.45, 7) is 9.46. The van der Waals surface area contributed by atoms with Gasteiger partial charge in [-0.15, -0.1) is 0 Å². The van der Waals surface area contributed by atoms with Gasteiger partial charge in [-0.05, 0) is 31.4 Å².